The molecular weight excluding hydrogens is 164 g/mol. The maximum atomic E-state index is 5.55. The maximum absolute atomic E-state index is 5.55. The van der Waals surface area contributed by atoms with Gasteiger partial charge in [-0.15, -0.1) is 0 Å². The molecule has 0 aromatic heterocycles. The van der Waals surface area contributed by atoms with Gasteiger partial charge in [-0.3, -0.25) is 0 Å². The molecule has 2 nitrogen and oxygen atoms in total. The Balaban J connectivity index is 1.88. The summed E-state index contributed by atoms with van der Waals surface area (Å²) < 4.78 is 11.0. The molecule has 1 fully saturated rings. The lowest BCUT2D eigenvalue weighted by Gasteiger charge is -2.08. The van der Waals surface area contributed by atoms with E-state index in [1.165, 1.54) is 32.1 Å². The highest BCUT2D eigenvalue weighted by Crippen LogP contribution is 2.17. The van der Waals surface area contributed by atoms with Crippen molar-refractivity contribution in [1.82, 2.24) is 0 Å². The van der Waals surface area contributed by atoms with Crippen LogP contribution in [0.25, 0.3) is 0 Å². The van der Waals surface area contributed by atoms with E-state index < -0.39 is 0 Å². The van der Waals surface area contributed by atoms with E-state index in [1.54, 1.807) is 0 Å². The molecule has 0 aliphatic carbocycles. The summed E-state index contributed by atoms with van der Waals surface area (Å²) in [6.07, 6.45) is 8.09. The lowest BCUT2D eigenvalue weighted by atomic mass is 10.1. The highest BCUT2D eigenvalue weighted by molar-refractivity contribution is 4.60. The van der Waals surface area contributed by atoms with Crippen LogP contribution in [0.15, 0.2) is 0 Å². The van der Waals surface area contributed by atoms with Gasteiger partial charge >= 0.3 is 0 Å². The average molecular weight is 186 g/mol. The Bertz CT molecular complexity index is 125. The van der Waals surface area contributed by atoms with Crippen LogP contribution >= 0.6 is 0 Å². The first-order chi connectivity index (χ1) is 6.33. The van der Waals surface area contributed by atoms with Gasteiger partial charge in [0.1, 0.15) is 0 Å². The molecule has 2 atom stereocenters. The Morgan fingerprint density at radius 1 is 1.15 bits per heavy atom. The van der Waals surface area contributed by atoms with Crippen LogP contribution in [0.2, 0.25) is 0 Å². The van der Waals surface area contributed by atoms with E-state index >= 15 is 0 Å². The SMILES string of the molecule is CCCCCCCC1OCC(C)O1. The van der Waals surface area contributed by atoms with Crippen LogP contribution in [0.1, 0.15) is 52.4 Å². The lowest BCUT2D eigenvalue weighted by molar-refractivity contribution is -0.0604. The molecule has 2 unspecified atom stereocenters. The second kappa shape index (κ2) is 6.39. The van der Waals surface area contributed by atoms with E-state index in [9.17, 15) is 0 Å². The zero-order chi connectivity index (χ0) is 9.52. The second-order valence-electron chi connectivity index (χ2n) is 3.91. The summed E-state index contributed by atoms with van der Waals surface area (Å²) in [6.45, 7) is 5.08. The summed E-state index contributed by atoms with van der Waals surface area (Å²) in [5.74, 6) is 0. The number of hydrogen-bond donors (Lipinski definition) is 0. The van der Waals surface area contributed by atoms with Gasteiger partial charge < -0.3 is 9.47 Å². The third-order valence-electron chi connectivity index (χ3n) is 2.44. The standard InChI is InChI=1S/C11H22O2/c1-3-4-5-6-7-8-11-12-9-10(2)13-11/h10-11H,3-9H2,1-2H3. The smallest absolute Gasteiger partial charge is 0.158 e. The quantitative estimate of drug-likeness (QED) is 0.593. The monoisotopic (exact) mass is 186 g/mol. The highest BCUT2D eigenvalue weighted by atomic mass is 16.7. The van der Waals surface area contributed by atoms with Crippen molar-refractivity contribution in [3.63, 3.8) is 0 Å². The Morgan fingerprint density at radius 3 is 2.54 bits per heavy atom. The number of unbranched alkanes of at least 4 members (excludes halogenated alkanes) is 4. The third-order valence-corrected chi connectivity index (χ3v) is 2.44. The fourth-order valence-corrected chi connectivity index (χ4v) is 1.65. The third kappa shape index (κ3) is 4.63. The number of hydrogen-bond acceptors (Lipinski definition) is 2. The predicted octanol–water partition coefficient (Wildman–Crippen LogP) is 3.11. The van der Waals surface area contributed by atoms with Gasteiger partial charge in [0.25, 0.3) is 0 Å². The van der Waals surface area contributed by atoms with Crippen LogP contribution in [0.5, 0.6) is 0 Å². The Kier molecular flexibility index (Phi) is 5.40. The van der Waals surface area contributed by atoms with Crippen molar-refractivity contribution in [2.45, 2.75) is 64.8 Å². The fourth-order valence-electron chi connectivity index (χ4n) is 1.65. The molecule has 1 aliphatic heterocycles. The zero-order valence-corrected chi connectivity index (χ0v) is 8.92. The second-order valence-corrected chi connectivity index (χ2v) is 3.91. The van der Waals surface area contributed by atoms with Crippen molar-refractivity contribution < 1.29 is 9.47 Å². The van der Waals surface area contributed by atoms with E-state index in [2.05, 4.69) is 13.8 Å². The normalized spacial score (nSPS) is 28.2. The van der Waals surface area contributed by atoms with E-state index in [0.717, 1.165) is 13.0 Å². The van der Waals surface area contributed by atoms with Gasteiger partial charge in [-0.1, -0.05) is 32.6 Å². The maximum Gasteiger partial charge on any atom is 0.158 e. The van der Waals surface area contributed by atoms with Gasteiger partial charge in [0.15, 0.2) is 6.29 Å². The first kappa shape index (κ1) is 11.0. The molecule has 1 saturated heterocycles. The summed E-state index contributed by atoms with van der Waals surface area (Å²) in [5, 5.41) is 0. The molecule has 1 heterocycles. The largest absolute Gasteiger partial charge is 0.350 e. The van der Waals surface area contributed by atoms with Gasteiger partial charge in [-0.2, -0.15) is 0 Å². The van der Waals surface area contributed by atoms with Crippen LogP contribution in [0.3, 0.4) is 0 Å². The number of rotatable bonds is 6. The van der Waals surface area contributed by atoms with Gasteiger partial charge in [0.2, 0.25) is 0 Å². The van der Waals surface area contributed by atoms with Crippen molar-refractivity contribution in [2.24, 2.45) is 0 Å². The summed E-state index contributed by atoms with van der Waals surface area (Å²) in [4.78, 5) is 0. The van der Waals surface area contributed by atoms with E-state index in [1.807, 2.05) is 0 Å². The van der Waals surface area contributed by atoms with Crippen molar-refractivity contribution in [2.75, 3.05) is 6.61 Å². The van der Waals surface area contributed by atoms with Crippen LogP contribution in [0.4, 0.5) is 0 Å². The van der Waals surface area contributed by atoms with Crippen molar-refractivity contribution >= 4 is 0 Å². The molecule has 0 saturated carbocycles. The zero-order valence-electron chi connectivity index (χ0n) is 8.92. The van der Waals surface area contributed by atoms with Crippen LogP contribution < -0.4 is 0 Å². The predicted molar refractivity (Wildman–Crippen MR) is 53.7 cm³/mol. The molecule has 0 radical (unpaired) electrons. The Morgan fingerprint density at radius 2 is 1.92 bits per heavy atom. The summed E-state index contributed by atoms with van der Waals surface area (Å²) >= 11 is 0. The van der Waals surface area contributed by atoms with Crippen molar-refractivity contribution in [3.05, 3.63) is 0 Å². The van der Waals surface area contributed by atoms with Gasteiger partial charge in [0, 0.05) is 0 Å². The van der Waals surface area contributed by atoms with Crippen LogP contribution in [-0.4, -0.2) is 19.0 Å². The molecule has 0 bridgehead atoms. The molecule has 0 amide bonds. The van der Waals surface area contributed by atoms with Gasteiger partial charge in [-0.25, -0.2) is 0 Å². The summed E-state index contributed by atoms with van der Waals surface area (Å²) in [7, 11) is 0. The van der Waals surface area contributed by atoms with Crippen LogP contribution in [-0.2, 0) is 9.47 Å². The first-order valence-electron chi connectivity index (χ1n) is 5.60. The first-order valence-corrected chi connectivity index (χ1v) is 5.60. The average Bonchev–Trinajstić information content (AvgIpc) is 2.51. The summed E-state index contributed by atoms with van der Waals surface area (Å²) in [5.41, 5.74) is 0. The lowest BCUT2D eigenvalue weighted by Crippen LogP contribution is -2.08. The van der Waals surface area contributed by atoms with Crippen LogP contribution in [0, 0.1) is 0 Å². The minimum absolute atomic E-state index is 0.0941. The summed E-state index contributed by atoms with van der Waals surface area (Å²) in [6, 6.07) is 0. The van der Waals surface area contributed by atoms with Crippen molar-refractivity contribution in [3.8, 4) is 0 Å². The molecule has 0 spiro atoms. The minimum Gasteiger partial charge on any atom is -0.350 e. The molecule has 2 heteroatoms. The highest BCUT2D eigenvalue weighted by Gasteiger charge is 2.21. The molecular formula is C11H22O2. The van der Waals surface area contributed by atoms with E-state index in [4.69, 9.17) is 9.47 Å². The molecule has 0 N–H and O–H groups in total. The fraction of sp³-hybridized carbons (Fsp3) is 1.00. The molecule has 78 valence electrons. The molecule has 13 heavy (non-hydrogen) atoms. The Labute approximate surface area is 81.6 Å². The molecule has 1 rings (SSSR count). The van der Waals surface area contributed by atoms with Crippen molar-refractivity contribution in [1.29, 1.82) is 0 Å². The van der Waals surface area contributed by atoms with E-state index in [-0.39, 0.29) is 6.29 Å². The number of ether oxygens (including phenoxy) is 2. The van der Waals surface area contributed by atoms with E-state index in [0.29, 0.717) is 6.10 Å². The molecule has 1 aliphatic rings. The minimum atomic E-state index is 0.0941. The molecule has 0 aromatic rings. The van der Waals surface area contributed by atoms with Gasteiger partial charge in [0.05, 0.1) is 12.7 Å². The topological polar surface area (TPSA) is 18.5 Å². The Hall–Kier alpha value is -0.0800. The van der Waals surface area contributed by atoms with Gasteiger partial charge in [-0.05, 0) is 19.8 Å². The molecule has 0 aromatic carbocycles.